The van der Waals surface area contributed by atoms with Crippen LogP contribution in [0.25, 0.3) is 0 Å². The van der Waals surface area contributed by atoms with Crippen molar-refractivity contribution in [1.29, 1.82) is 0 Å². The predicted molar refractivity (Wildman–Crippen MR) is 149 cm³/mol. The summed E-state index contributed by atoms with van der Waals surface area (Å²) in [5.74, 6) is -9.44. The molecule has 1 unspecified atom stereocenters. The van der Waals surface area contributed by atoms with Gasteiger partial charge in [0.25, 0.3) is 5.79 Å². The molecule has 0 radical (unpaired) electrons. The van der Waals surface area contributed by atoms with E-state index in [0.717, 1.165) is 67.2 Å². The maximum atomic E-state index is 13.4. The van der Waals surface area contributed by atoms with Gasteiger partial charge in [0.1, 0.15) is 24.9 Å². The van der Waals surface area contributed by atoms with E-state index in [1.54, 1.807) is 6.92 Å². The Labute approximate surface area is 256 Å². The number of unbranched alkanes of at least 4 members (excludes halogenated alkanes) is 3. The minimum atomic E-state index is -2.86. The molecule has 0 aromatic carbocycles. The Morgan fingerprint density at radius 1 is 0.841 bits per heavy atom. The molecule has 0 aromatic heterocycles. The summed E-state index contributed by atoms with van der Waals surface area (Å²) >= 11 is 0. The molecule has 0 aliphatic carbocycles. The lowest BCUT2D eigenvalue weighted by molar-refractivity contribution is -0.308. The molecule has 1 heterocycles. The summed E-state index contributed by atoms with van der Waals surface area (Å²) in [7, 11) is 0. The molecule has 0 bridgehead atoms. The van der Waals surface area contributed by atoms with Gasteiger partial charge in [-0.25, -0.2) is 4.79 Å². The van der Waals surface area contributed by atoms with Crippen LogP contribution in [0.3, 0.4) is 0 Å². The first-order valence-electron chi connectivity index (χ1n) is 14.5. The molecule has 7 atom stereocenters. The van der Waals surface area contributed by atoms with Crippen LogP contribution < -0.4 is 0 Å². The van der Waals surface area contributed by atoms with Crippen LogP contribution in [0.15, 0.2) is 0 Å². The van der Waals surface area contributed by atoms with Crippen LogP contribution >= 0.6 is 0 Å². The summed E-state index contributed by atoms with van der Waals surface area (Å²) in [6, 6.07) is -1.63. The Hall–Kier alpha value is -3.59. The lowest BCUT2D eigenvalue weighted by Crippen LogP contribution is -2.70. The fourth-order valence-corrected chi connectivity index (χ4v) is 4.97. The highest BCUT2D eigenvalue weighted by atomic mass is 16.7. The maximum absolute atomic E-state index is 13.4. The van der Waals surface area contributed by atoms with Crippen molar-refractivity contribution in [3.63, 3.8) is 0 Å². The number of carbonyl (C=O) groups is 7. The molecule has 250 valence electrons. The molecule has 15 nitrogen and oxygen atoms in total. The van der Waals surface area contributed by atoms with E-state index in [4.69, 9.17) is 28.4 Å². The molecule has 44 heavy (non-hydrogen) atoms. The van der Waals surface area contributed by atoms with E-state index in [0.29, 0.717) is 11.3 Å². The number of amides is 2. The topological polar surface area (TPSA) is 198 Å². The highest BCUT2D eigenvalue weighted by Crippen LogP contribution is 2.37. The largest absolute Gasteiger partial charge is 0.462 e. The van der Waals surface area contributed by atoms with Crippen molar-refractivity contribution in [3.05, 3.63) is 0 Å². The quantitative estimate of drug-likeness (QED) is 0.155. The fraction of sp³-hybridized carbons (Fsp3) is 0.759. The number of ether oxygens (including phenoxy) is 6. The third-order valence-corrected chi connectivity index (χ3v) is 6.67. The minimum Gasteiger partial charge on any atom is -0.462 e. The van der Waals surface area contributed by atoms with Crippen molar-refractivity contribution in [2.24, 2.45) is 0 Å². The Balaban J connectivity index is 3.79. The molecule has 1 aliphatic rings. The Morgan fingerprint density at radius 2 is 1.43 bits per heavy atom. The SMILES string of the molecule is CCCCCCC(C)OC(=O)[C@@]1(O)C[C@H](OC(C)=O)[C@@H](N(C(C)=O)C(C)=O)[C@H]([C@H](OC(C)=O)[C@@H](COC(C)=O)OC(C)=O)O1. The van der Waals surface area contributed by atoms with Crippen molar-refractivity contribution >= 4 is 41.7 Å². The zero-order valence-corrected chi connectivity index (χ0v) is 26.6. The first-order chi connectivity index (χ1) is 20.4. The van der Waals surface area contributed by atoms with Crippen molar-refractivity contribution in [3.8, 4) is 0 Å². The van der Waals surface area contributed by atoms with Crippen LogP contribution in [0.1, 0.15) is 93.9 Å². The number of hydrogen-bond acceptors (Lipinski definition) is 14. The van der Waals surface area contributed by atoms with Gasteiger partial charge >= 0.3 is 29.8 Å². The van der Waals surface area contributed by atoms with Crippen LogP contribution in [-0.4, -0.2) is 101 Å². The van der Waals surface area contributed by atoms with Crippen LogP contribution in [0.2, 0.25) is 0 Å². The van der Waals surface area contributed by atoms with E-state index < -0.39 is 97.0 Å². The number of nitrogens with zero attached hydrogens (tertiary/aromatic N) is 1. The Bertz CT molecular complexity index is 1050. The van der Waals surface area contributed by atoms with E-state index in [2.05, 4.69) is 0 Å². The molecule has 0 spiro atoms. The molecule has 1 saturated heterocycles. The molecule has 0 aromatic rings. The van der Waals surface area contributed by atoms with Crippen molar-refractivity contribution < 1.29 is 67.1 Å². The van der Waals surface area contributed by atoms with Gasteiger partial charge in [-0.1, -0.05) is 26.2 Å². The number of aliphatic hydroxyl groups is 1. The maximum Gasteiger partial charge on any atom is 0.367 e. The average Bonchev–Trinajstić information content (AvgIpc) is 2.88. The monoisotopic (exact) mass is 631 g/mol. The summed E-state index contributed by atoms with van der Waals surface area (Å²) in [4.78, 5) is 87.7. The molecule has 1 N–H and O–H groups in total. The Morgan fingerprint density at radius 3 is 1.91 bits per heavy atom. The number of hydrogen-bond donors (Lipinski definition) is 1. The van der Waals surface area contributed by atoms with Gasteiger partial charge in [0, 0.05) is 41.5 Å². The second-order valence-corrected chi connectivity index (χ2v) is 10.7. The van der Waals surface area contributed by atoms with Crippen LogP contribution in [0.4, 0.5) is 0 Å². The Kier molecular flexibility index (Phi) is 15.4. The molecular formula is C29H45NO14. The highest BCUT2D eigenvalue weighted by Gasteiger charge is 2.60. The van der Waals surface area contributed by atoms with Crippen molar-refractivity contribution in [2.45, 2.75) is 136 Å². The molecule has 0 saturated carbocycles. The molecular weight excluding hydrogens is 586 g/mol. The second kappa shape index (κ2) is 17.6. The smallest absolute Gasteiger partial charge is 0.367 e. The normalized spacial score (nSPS) is 23.2. The summed E-state index contributed by atoms with van der Waals surface area (Å²) in [5.41, 5.74) is 0. The summed E-state index contributed by atoms with van der Waals surface area (Å²) in [6.07, 6.45) is -4.33. The van der Waals surface area contributed by atoms with E-state index in [-0.39, 0.29) is 0 Å². The average molecular weight is 632 g/mol. The molecule has 1 fully saturated rings. The van der Waals surface area contributed by atoms with Crippen molar-refractivity contribution in [2.75, 3.05) is 6.61 Å². The first kappa shape index (κ1) is 38.4. The number of imide groups is 1. The number of rotatable bonds is 15. The van der Waals surface area contributed by atoms with Crippen LogP contribution in [-0.2, 0) is 62.0 Å². The van der Waals surface area contributed by atoms with E-state index in [9.17, 15) is 38.7 Å². The van der Waals surface area contributed by atoms with Gasteiger partial charge in [0.05, 0.1) is 12.5 Å². The van der Waals surface area contributed by atoms with Crippen molar-refractivity contribution in [1.82, 2.24) is 4.90 Å². The lowest BCUT2D eigenvalue weighted by atomic mass is 9.86. The fourth-order valence-electron chi connectivity index (χ4n) is 4.97. The summed E-state index contributed by atoms with van der Waals surface area (Å²) in [5, 5.41) is 11.6. The third-order valence-electron chi connectivity index (χ3n) is 6.67. The van der Waals surface area contributed by atoms with Crippen LogP contribution in [0, 0.1) is 0 Å². The molecule has 1 rings (SSSR count). The van der Waals surface area contributed by atoms with Gasteiger partial charge in [-0.2, -0.15) is 0 Å². The van der Waals surface area contributed by atoms with Crippen LogP contribution in [0.5, 0.6) is 0 Å². The predicted octanol–water partition coefficient (Wildman–Crippen LogP) is 1.49. The van der Waals surface area contributed by atoms with Gasteiger partial charge in [0.2, 0.25) is 11.8 Å². The highest BCUT2D eigenvalue weighted by molar-refractivity contribution is 5.93. The first-order valence-corrected chi connectivity index (χ1v) is 14.5. The summed E-state index contributed by atoms with van der Waals surface area (Å²) < 4.78 is 32.4. The van der Waals surface area contributed by atoms with E-state index >= 15 is 0 Å². The van der Waals surface area contributed by atoms with Gasteiger partial charge < -0.3 is 33.5 Å². The standard InChI is InChI=1S/C29H45NO14/c1-9-10-11-12-13-16(2)40-28(37)29(38)14-23(41-20(6)34)25(30(17(3)31)18(4)32)27(44-29)26(43-22(8)36)24(42-21(7)35)15-39-19(5)33/h16,23-27,38H,9-15H2,1-8H3/t16?,23-,24+,25+,26+,27+,29+/m0/s1. The molecule has 15 heteroatoms. The summed E-state index contributed by atoms with van der Waals surface area (Å²) in [6.45, 7) is 9.11. The zero-order chi connectivity index (χ0) is 33.8. The van der Waals surface area contributed by atoms with Gasteiger partial charge in [-0.15, -0.1) is 0 Å². The second-order valence-electron chi connectivity index (χ2n) is 10.7. The van der Waals surface area contributed by atoms with Gasteiger partial charge in [-0.05, 0) is 19.8 Å². The number of esters is 5. The molecule has 1 aliphatic heterocycles. The minimum absolute atomic E-state index is 0.469. The molecule has 2 amide bonds. The van der Waals surface area contributed by atoms with Gasteiger partial charge in [-0.3, -0.25) is 33.7 Å². The third kappa shape index (κ3) is 11.8. The zero-order valence-electron chi connectivity index (χ0n) is 26.6. The number of carbonyl (C=O) groups excluding carboxylic acids is 7. The van der Waals surface area contributed by atoms with E-state index in [1.807, 2.05) is 6.92 Å². The van der Waals surface area contributed by atoms with E-state index in [1.165, 1.54) is 0 Å². The van der Waals surface area contributed by atoms with Gasteiger partial charge in [0.15, 0.2) is 12.2 Å². The lowest BCUT2D eigenvalue weighted by Gasteiger charge is -2.49.